The SMILES string of the molecule is CC(NC(=O)c1csc(-c2cccs2)n1)c1ccc(S(N)(=O)=O)cc1. The van der Waals surface area contributed by atoms with Crippen molar-refractivity contribution in [2.45, 2.75) is 17.9 Å². The number of thiophene rings is 1. The molecule has 3 aromatic rings. The molecule has 0 bridgehead atoms. The number of carbonyl (C=O) groups is 1. The Morgan fingerprint density at radius 3 is 2.52 bits per heavy atom. The quantitative estimate of drug-likeness (QED) is 0.695. The molecule has 1 amide bonds. The van der Waals surface area contributed by atoms with Gasteiger partial charge in [0.25, 0.3) is 5.91 Å². The molecule has 2 aromatic heterocycles. The Hall–Kier alpha value is -2.07. The van der Waals surface area contributed by atoms with Crippen molar-refractivity contribution in [3.8, 4) is 9.88 Å². The zero-order valence-corrected chi connectivity index (χ0v) is 15.6. The predicted molar refractivity (Wildman–Crippen MR) is 99.1 cm³/mol. The fraction of sp³-hybridized carbons (Fsp3) is 0.125. The van der Waals surface area contributed by atoms with E-state index < -0.39 is 10.0 Å². The average Bonchev–Trinajstić information content (AvgIpc) is 3.25. The lowest BCUT2D eigenvalue weighted by Crippen LogP contribution is -2.27. The molecule has 2 heterocycles. The minimum atomic E-state index is -3.73. The Morgan fingerprint density at radius 2 is 1.92 bits per heavy atom. The van der Waals surface area contributed by atoms with E-state index in [1.165, 1.54) is 23.5 Å². The molecule has 0 saturated carbocycles. The monoisotopic (exact) mass is 393 g/mol. The molecular weight excluding hydrogens is 378 g/mol. The first-order valence-electron chi connectivity index (χ1n) is 7.27. The average molecular weight is 394 g/mol. The van der Waals surface area contributed by atoms with Gasteiger partial charge in [0.1, 0.15) is 10.7 Å². The van der Waals surface area contributed by atoms with Crippen molar-refractivity contribution in [3.05, 3.63) is 58.4 Å². The summed E-state index contributed by atoms with van der Waals surface area (Å²) in [5.74, 6) is -0.276. The smallest absolute Gasteiger partial charge is 0.271 e. The standard InChI is InChI=1S/C16H15N3O3S3/c1-10(11-4-6-12(7-5-11)25(17,21)22)18-15(20)13-9-24-16(19-13)14-3-2-8-23-14/h2-10H,1H3,(H,18,20)(H2,17,21,22). The summed E-state index contributed by atoms with van der Waals surface area (Å²) in [5.41, 5.74) is 1.14. The van der Waals surface area contributed by atoms with Gasteiger partial charge in [-0.05, 0) is 36.1 Å². The molecule has 3 N–H and O–H groups in total. The highest BCUT2D eigenvalue weighted by Crippen LogP contribution is 2.28. The van der Waals surface area contributed by atoms with E-state index in [-0.39, 0.29) is 16.8 Å². The summed E-state index contributed by atoms with van der Waals surface area (Å²) in [6.07, 6.45) is 0. The molecule has 0 aliphatic rings. The van der Waals surface area contributed by atoms with E-state index in [1.54, 1.807) is 28.8 Å². The van der Waals surface area contributed by atoms with Crippen LogP contribution < -0.4 is 10.5 Å². The van der Waals surface area contributed by atoms with E-state index in [0.29, 0.717) is 5.69 Å². The van der Waals surface area contributed by atoms with Crippen LogP contribution in [0.15, 0.2) is 52.1 Å². The van der Waals surface area contributed by atoms with E-state index in [4.69, 9.17) is 5.14 Å². The normalized spacial score (nSPS) is 12.7. The summed E-state index contributed by atoms with van der Waals surface area (Å²) in [4.78, 5) is 17.8. The number of benzene rings is 1. The third-order valence-electron chi connectivity index (χ3n) is 3.53. The van der Waals surface area contributed by atoms with Crippen LogP contribution in [0.4, 0.5) is 0 Å². The molecule has 0 spiro atoms. The summed E-state index contributed by atoms with van der Waals surface area (Å²) in [6.45, 7) is 1.82. The van der Waals surface area contributed by atoms with Gasteiger partial charge >= 0.3 is 0 Å². The second-order valence-electron chi connectivity index (χ2n) is 5.32. The molecule has 25 heavy (non-hydrogen) atoms. The number of nitrogens with two attached hydrogens (primary N) is 1. The highest BCUT2D eigenvalue weighted by molar-refractivity contribution is 7.89. The summed E-state index contributed by atoms with van der Waals surface area (Å²) < 4.78 is 22.6. The van der Waals surface area contributed by atoms with Crippen molar-refractivity contribution in [3.63, 3.8) is 0 Å². The third-order valence-corrected chi connectivity index (χ3v) is 6.34. The second kappa shape index (κ2) is 7.04. The van der Waals surface area contributed by atoms with Crippen LogP contribution in [0.3, 0.4) is 0 Å². The Bertz CT molecular complexity index is 977. The van der Waals surface area contributed by atoms with Gasteiger partial charge in [0, 0.05) is 5.38 Å². The Labute approximate surface area is 153 Å². The minimum absolute atomic E-state index is 0.0369. The summed E-state index contributed by atoms with van der Waals surface area (Å²) in [5, 5.41) is 12.4. The van der Waals surface area contributed by atoms with E-state index >= 15 is 0 Å². The van der Waals surface area contributed by atoms with Crippen LogP contribution in [0.25, 0.3) is 9.88 Å². The van der Waals surface area contributed by atoms with E-state index in [1.807, 2.05) is 24.4 Å². The maximum Gasteiger partial charge on any atom is 0.271 e. The molecular formula is C16H15N3O3S3. The molecule has 1 unspecified atom stereocenters. The molecule has 1 atom stereocenters. The van der Waals surface area contributed by atoms with Crippen molar-refractivity contribution in [1.29, 1.82) is 0 Å². The van der Waals surface area contributed by atoms with Crippen LogP contribution in [0.1, 0.15) is 29.0 Å². The maximum atomic E-state index is 12.4. The van der Waals surface area contributed by atoms with Crippen molar-refractivity contribution >= 4 is 38.6 Å². The molecule has 0 aliphatic carbocycles. The number of primary sulfonamides is 1. The highest BCUT2D eigenvalue weighted by Gasteiger charge is 2.16. The Morgan fingerprint density at radius 1 is 1.20 bits per heavy atom. The number of rotatable bonds is 5. The number of aromatic nitrogens is 1. The molecule has 0 radical (unpaired) electrons. The van der Waals surface area contributed by atoms with Crippen LogP contribution in [0.5, 0.6) is 0 Å². The van der Waals surface area contributed by atoms with E-state index in [0.717, 1.165) is 15.4 Å². The van der Waals surface area contributed by atoms with Gasteiger partial charge in [0.2, 0.25) is 10.0 Å². The molecule has 1 aromatic carbocycles. The lowest BCUT2D eigenvalue weighted by Gasteiger charge is -2.13. The van der Waals surface area contributed by atoms with Crippen LogP contribution in [0, 0.1) is 0 Å². The van der Waals surface area contributed by atoms with Crippen LogP contribution >= 0.6 is 22.7 Å². The third kappa shape index (κ3) is 4.13. The van der Waals surface area contributed by atoms with Crippen molar-refractivity contribution in [2.75, 3.05) is 0 Å². The first-order chi connectivity index (χ1) is 11.8. The van der Waals surface area contributed by atoms with Gasteiger partial charge in [-0.25, -0.2) is 18.5 Å². The zero-order chi connectivity index (χ0) is 18.0. The lowest BCUT2D eigenvalue weighted by molar-refractivity contribution is 0.0935. The van der Waals surface area contributed by atoms with Crippen LogP contribution in [-0.4, -0.2) is 19.3 Å². The zero-order valence-electron chi connectivity index (χ0n) is 13.2. The van der Waals surface area contributed by atoms with E-state index in [2.05, 4.69) is 10.3 Å². The number of nitrogens with one attached hydrogen (secondary N) is 1. The van der Waals surface area contributed by atoms with Gasteiger partial charge in [-0.1, -0.05) is 18.2 Å². The first-order valence-corrected chi connectivity index (χ1v) is 10.6. The van der Waals surface area contributed by atoms with Gasteiger partial charge in [0.05, 0.1) is 15.8 Å². The fourth-order valence-corrected chi connectivity index (χ4v) is 4.32. The second-order valence-corrected chi connectivity index (χ2v) is 8.69. The molecule has 6 nitrogen and oxygen atoms in total. The number of nitrogens with zero attached hydrogens (tertiary/aromatic N) is 1. The van der Waals surface area contributed by atoms with Crippen LogP contribution in [-0.2, 0) is 10.0 Å². The number of thiazole rings is 1. The van der Waals surface area contributed by atoms with Crippen molar-refractivity contribution in [1.82, 2.24) is 10.3 Å². The van der Waals surface area contributed by atoms with Gasteiger partial charge in [0.15, 0.2) is 0 Å². The number of hydrogen-bond acceptors (Lipinski definition) is 6. The number of hydrogen-bond donors (Lipinski definition) is 2. The number of sulfonamides is 1. The Balaban J connectivity index is 1.70. The maximum absolute atomic E-state index is 12.4. The van der Waals surface area contributed by atoms with Crippen LogP contribution in [0.2, 0.25) is 0 Å². The lowest BCUT2D eigenvalue weighted by atomic mass is 10.1. The molecule has 130 valence electrons. The molecule has 0 saturated heterocycles. The molecule has 9 heteroatoms. The van der Waals surface area contributed by atoms with Crippen molar-refractivity contribution in [2.24, 2.45) is 5.14 Å². The Kier molecular flexibility index (Phi) is 5.00. The first kappa shape index (κ1) is 17.7. The van der Waals surface area contributed by atoms with Gasteiger partial charge in [-0.2, -0.15) is 0 Å². The molecule has 0 aliphatic heterocycles. The van der Waals surface area contributed by atoms with Gasteiger partial charge in [-0.3, -0.25) is 4.79 Å². The highest BCUT2D eigenvalue weighted by atomic mass is 32.2. The fourth-order valence-electron chi connectivity index (χ4n) is 2.19. The largest absolute Gasteiger partial charge is 0.344 e. The topological polar surface area (TPSA) is 102 Å². The number of carbonyl (C=O) groups excluding carboxylic acids is 1. The summed E-state index contributed by atoms with van der Waals surface area (Å²) >= 11 is 2.99. The molecule has 0 fully saturated rings. The van der Waals surface area contributed by atoms with E-state index in [9.17, 15) is 13.2 Å². The van der Waals surface area contributed by atoms with Crippen molar-refractivity contribution < 1.29 is 13.2 Å². The van der Waals surface area contributed by atoms with Gasteiger partial charge in [-0.15, -0.1) is 22.7 Å². The minimum Gasteiger partial charge on any atom is -0.344 e. The predicted octanol–water partition coefficient (Wildman–Crippen LogP) is 3.01. The summed E-state index contributed by atoms with van der Waals surface area (Å²) in [7, 11) is -3.73. The number of amides is 1. The van der Waals surface area contributed by atoms with Gasteiger partial charge < -0.3 is 5.32 Å². The molecule has 3 rings (SSSR count). The summed E-state index contributed by atoms with van der Waals surface area (Å²) in [6, 6.07) is 9.70.